The fourth-order valence-corrected chi connectivity index (χ4v) is 7.18. The second-order valence-electron chi connectivity index (χ2n) is 13.4. The van der Waals surface area contributed by atoms with E-state index in [1.165, 1.54) is 19.2 Å². The van der Waals surface area contributed by atoms with Gasteiger partial charge in [-0.1, -0.05) is 6.07 Å². The molecule has 1 aliphatic carbocycles. The van der Waals surface area contributed by atoms with Crippen LogP contribution in [0.15, 0.2) is 42.7 Å². The average molecular weight is 660 g/mol. The third kappa shape index (κ3) is 5.40. The van der Waals surface area contributed by atoms with E-state index in [1.807, 2.05) is 26.8 Å². The molecule has 3 amide bonds. The van der Waals surface area contributed by atoms with Crippen molar-refractivity contribution in [2.75, 3.05) is 11.4 Å². The number of benzene rings is 1. The average Bonchev–Trinajstić information content (AvgIpc) is 3.49. The fourth-order valence-electron chi connectivity index (χ4n) is 7.18. The number of hydrogen-bond acceptors (Lipinski definition) is 5. The van der Waals surface area contributed by atoms with E-state index >= 15 is 0 Å². The van der Waals surface area contributed by atoms with Gasteiger partial charge >= 0.3 is 6.18 Å². The van der Waals surface area contributed by atoms with Crippen molar-refractivity contribution >= 4 is 23.5 Å². The minimum absolute atomic E-state index is 0.0289. The smallest absolute Gasteiger partial charge is 0.340 e. The van der Waals surface area contributed by atoms with Gasteiger partial charge < -0.3 is 10.2 Å². The van der Waals surface area contributed by atoms with Crippen molar-refractivity contribution in [3.63, 3.8) is 0 Å². The molecule has 2 aliphatic heterocycles. The summed E-state index contributed by atoms with van der Waals surface area (Å²) in [6.45, 7) is 5.14. The van der Waals surface area contributed by atoms with Crippen LogP contribution in [-0.4, -0.2) is 62.9 Å². The predicted molar refractivity (Wildman–Crippen MR) is 157 cm³/mol. The summed E-state index contributed by atoms with van der Waals surface area (Å²) < 4.78 is 84.3. The molecule has 1 N–H and O–H groups in total. The largest absolute Gasteiger partial charge is 0.406 e. The van der Waals surface area contributed by atoms with Crippen LogP contribution in [0, 0.1) is 17.5 Å². The molecule has 0 bridgehead atoms. The Morgan fingerprint density at radius 1 is 1.04 bits per heavy atom. The Morgan fingerprint density at radius 2 is 1.74 bits per heavy atom. The molecular formula is C33H31F6N5O3. The summed E-state index contributed by atoms with van der Waals surface area (Å²) in [6.07, 6.45) is -2.04. The fraction of sp³-hybridized carbons (Fsp3) is 0.424. The topological polar surface area (TPSA) is 95.5 Å². The Balaban J connectivity index is 1.29. The van der Waals surface area contributed by atoms with Gasteiger partial charge in [-0.25, -0.2) is 18.2 Å². The molecule has 6 rings (SSSR count). The maximum absolute atomic E-state index is 14.8. The van der Waals surface area contributed by atoms with Crippen molar-refractivity contribution in [1.29, 1.82) is 0 Å². The molecule has 4 atom stereocenters. The molecule has 0 saturated carbocycles. The Kier molecular flexibility index (Phi) is 7.63. The van der Waals surface area contributed by atoms with Crippen LogP contribution in [0.25, 0.3) is 0 Å². The molecule has 3 aliphatic rings. The maximum atomic E-state index is 14.8. The Morgan fingerprint density at radius 3 is 2.43 bits per heavy atom. The third-order valence-corrected chi connectivity index (χ3v) is 9.33. The number of nitrogens with zero attached hydrogens (tertiary/aromatic N) is 4. The van der Waals surface area contributed by atoms with Crippen molar-refractivity contribution in [3.8, 4) is 0 Å². The number of nitrogens with one attached hydrogen (secondary N) is 1. The van der Waals surface area contributed by atoms with Gasteiger partial charge in [0.05, 0.1) is 11.0 Å². The van der Waals surface area contributed by atoms with Crippen LogP contribution in [0.3, 0.4) is 0 Å². The van der Waals surface area contributed by atoms with E-state index in [4.69, 9.17) is 0 Å². The molecule has 1 spiro atoms. The number of hydrogen-bond donors (Lipinski definition) is 1. The first-order chi connectivity index (χ1) is 21.9. The third-order valence-electron chi connectivity index (χ3n) is 9.33. The summed E-state index contributed by atoms with van der Waals surface area (Å²) in [7, 11) is 0. The molecule has 1 aromatic carbocycles. The summed E-state index contributed by atoms with van der Waals surface area (Å²) in [5.41, 5.74) is -0.493. The molecule has 1 fully saturated rings. The summed E-state index contributed by atoms with van der Waals surface area (Å²) >= 11 is 0. The zero-order valence-corrected chi connectivity index (χ0v) is 25.9. The molecule has 47 heavy (non-hydrogen) atoms. The van der Waals surface area contributed by atoms with E-state index in [9.17, 15) is 40.7 Å². The van der Waals surface area contributed by atoms with Crippen molar-refractivity contribution in [2.24, 2.45) is 0 Å². The van der Waals surface area contributed by atoms with Crippen LogP contribution in [-0.2, 0) is 27.8 Å². The van der Waals surface area contributed by atoms with Gasteiger partial charge in [0, 0.05) is 53.1 Å². The number of carbonyl (C=O) groups is 3. The molecule has 0 radical (unpaired) electrons. The van der Waals surface area contributed by atoms with Gasteiger partial charge in [-0.2, -0.15) is 13.2 Å². The molecule has 1 saturated heterocycles. The minimum atomic E-state index is -4.87. The summed E-state index contributed by atoms with van der Waals surface area (Å²) in [5.74, 6) is -7.16. The Bertz CT molecular complexity index is 1810. The highest BCUT2D eigenvalue weighted by molar-refractivity contribution is 6.09. The second-order valence-corrected chi connectivity index (χ2v) is 13.4. The summed E-state index contributed by atoms with van der Waals surface area (Å²) in [6, 6.07) is 3.31. The van der Waals surface area contributed by atoms with Crippen LogP contribution in [0.1, 0.15) is 72.8 Å². The van der Waals surface area contributed by atoms with Gasteiger partial charge in [0.25, 0.3) is 5.91 Å². The molecule has 0 unspecified atom stereocenters. The first-order valence-corrected chi connectivity index (χ1v) is 15.0. The highest BCUT2D eigenvalue weighted by Gasteiger charge is 2.57. The number of likely N-dealkylation sites (tertiary alicyclic amines) is 1. The maximum Gasteiger partial charge on any atom is 0.406 e. The molecule has 14 heteroatoms. The quantitative estimate of drug-likeness (QED) is 0.309. The normalized spacial score (nSPS) is 24.2. The van der Waals surface area contributed by atoms with Crippen molar-refractivity contribution in [2.45, 2.75) is 82.1 Å². The number of anilines is 1. The van der Waals surface area contributed by atoms with Crippen LogP contribution in [0.2, 0.25) is 0 Å². The number of halogens is 6. The number of pyridine rings is 2. The van der Waals surface area contributed by atoms with Crippen LogP contribution in [0.4, 0.5) is 32.2 Å². The molecule has 248 valence electrons. The lowest BCUT2D eigenvalue weighted by atomic mass is 9.79. The zero-order chi connectivity index (χ0) is 34.2. The molecule has 8 nitrogen and oxygen atoms in total. The van der Waals surface area contributed by atoms with E-state index in [0.717, 1.165) is 5.56 Å². The predicted octanol–water partition coefficient (Wildman–Crippen LogP) is 5.14. The highest BCUT2D eigenvalue weighted by Crippen LogP contribution is 2.50. The van der Waals surface area contributed by atoms with Crippen molar-refractivity contribution in [1.82, 2.24) is 20.2 Å². The first kappa shape index (κ1) is 32.5. The van der Waals surface area contributed by atoms with Crippen molar-refractivity contribution < 1.29 is 40.7 Å². The van der Waals surface area contributed by atoms with E-state index in [1.54, 1.807) is 17.2 Å². The zero-order valence-electron chi connectivity index (χ0n) is 25.9. The lowest BCUT2D eigenvalue weighted by molar-refractivity contribution is -0.170. The molecule has 2 aromatic heterocycles. The second kappa shape index (κ2) is 11.1. The monoisotopic (exact) mass is 659 g/mol. The SMILES string of the molecule is C[C@@H]1[C@H](c2c(F)ccc(F)c2F)C[C@H](NC(=O)c2cnc3c(c2)C[C@@]2(C3)C(=O)N(C(C)(C)C)c3ncccc32)C(=O)N1CC(F)(F)F. The standard InChI is InChI=1S/C33H31F6N5O3/c1-16-19(25-21(34)7-8-22(35)26(25)36)11-23(29(46)43(16)15-33(37,38)39)42-28(45)18-10-17-12-32(13-24(17)41-14-18)20-6-5-9-40-27(20)44(30(32)47)31(2,3)4/h5-10,14,16,19,23H,11-13,15H2,1-4H3,(H,42,45)/t16-,19-,23+,32+/m1/s1. The van der Waals surface area contributed by atoms with Crippen LogP contribution < -0.4 is 10.2 Å². The summed E-state index contributed by atoms with van der Waals surface area (Å²) in [4.78, 5) is 51.7. The van der Waals surface area contributed by atoms with E-state index in [-0.39, 0.29) is 24.3 Å². The molecule has 3 aromatic rings. The highest BCUT2D eigenvalue weighted by atomic mass is 19.4. The molecule has 4 heterocycles. The van der Waals surface area contributed by atoms with Gasteiger partial charge in [-0.15, -0.1) is 0 Å². The first-order valence-electron chi connectivity index (χ1n) is 15.0. The Hall–Kier alpha value is -4.49. The van der Waals surface area contributed by atoms with E-state index < -0.39 is 82.9 Å². The van der Waals surface area contributed by atoms with Crippen LogP contribution >= 0.6 is 0 Å². The van der Waals surface area contributed by atoms with E-state index in [0.29, 0.717) is 34.1 Å². The van der Waals surface area contributed by atoms with Gasteiger partial charge in [-0.3, -0.25) is 24.3 Å². The molecular weight excluding hydrogens is 628 g/mol. The number of fused-ring (bicyclic) bond motifs is 3. The lowest BCUT2D eigenvalue weighted by Crippen LogP contribution is -2.60. The lowest BCUT2D eigenvalue weighted by Gasteiger charge is -2.43. The number of carbonyl (C=O) groups excluding carboxylic acids is 3. The number of rotatable bonds is 4. The number of aromatic nitrogens is 2. The number of amides is 3. The number of piperidine rings is 1. The Labute approximate surface area is 266 Å². The summed E-state index contributed by atoms with van der Waals surface area (Å²) in [5, 5.41) is 2.42. The minimum Gasteiger partial charge on any atom is -0.340 e. The van der Waals surface area contributed by atoms with Gasteiger partial charge in [-0.05, 0) is 70.4 Å². The van der Waals surface area contributed by atoms with Crippen LogP contribution in [0.5, 0.6) is 0 Å². The van der Waals surface area contributed by atoms with Gasteiger partial charge in [0.2, 0.25) is 11.8 Å². The van der Waals surface area contributed by atoms with Crippen molar-refractivity contribution in [3.05, 3.63) is 88.1 Å². The van der Waals surface area contributed by atoms with E-state index in [2.05, 4.69) is 15.3 Å². The van der Waals surface area contributed by atoms with Gasteiger partial charge in [0.1, 0.15) is 24.2 Å². The number of alkyl halides is 3. The van der Waals surface area contributed by atoms with Gasteiger partial charge in [0.15, 0.2) is 11.6 Å².